The summed E-state index contributed by atoms with van der Waals surface area (Å²) in [6, 6.07) is 3.41. The fourth-order valence-corrected chi connectivity index (χ4v) is 1.76. The summed E-state index contributed by atoms with van der Waals surface area (Å²) in [7, 11) is -3.28. The van der Waals surface area contributed by atoms with Crippen molar-refractivity contribution in [2.75, 3.05) is 6.26 Å². The maximum absolute atomic E-state index is 12.5. The van der Waals surface area contributed by atoms with Gasteiger partial charge in [-0.3, -0.25) is 0 Å². The SMILES string of the molecule is [CH2]c1cc(F)ccc1S(C)(=O)=O. The fourth-order valence-electron chi connectivity index (χ4n) is 0.910. The lowest BCUT2D eigenvalue weighted by molar-refractivity contribution is 0.600. The van der Waals surface area contributed by atoms with Gasteiger partial charge in [0.2, 0.25) is 0 Å². The van der Waals surface area contributed by atoms with Gasteiger partial charge in [-0.2, -0.15) is 0 Å². The van der Waals surface area contributed by atoms with Gasteiger partial charge in [-0.15, -0.1) is 0 Å². The highest BCUT2D eigenvalue weighted by Gasteiger charge is 2.10. The number of benzene rings is 1. The number of halogens is 1. The van der Waals surface area contributed by atoms with Crippen LogP contribution in [0.25, 0.3) is 0 Å². The maximum atomic E-state index is 12.5. The molecular formula is C8H8FO2S. The van der Waals surface area contributed by atoms with E-state index in [1.54, 1.807) is 0 Å². The smallest absolute Gasteiger partial charge is 0.175 e. The molecule has 0 N–H and O–H groups in total. The van der Waals surface area contributed by atoms with Crippen LogP contribution in [0.1, 0.15) is 5.56 Å². The van der Waals surface area contributed by atoms with Gasteiger partial charge in [0.25, 0.3) is 0 Å². The molecule has 0 aliphatic rings. The normalized spacial score (nSPS) is 11.6. The first-order chi connectivity index (χ1) is 5.41. The summed E-state index contributed by atoms with van der Waals surface area (Å²) in [5, 5.41) is 0. The highest BCUT2D eigenvalue weighted by Crippen LogP contribution is 2.15. The van der Waals surface area contributed by atoms with Gasteiger partial charge < -0.3 is 0 Å². The Kier molecular flexibility index (Phi) is 2.19. The Morgan fingerprint density at radius 2 is 2.00 bits per heavy atom. The van der Waals surface area contributed by atoms with Gasteiger partial charge in [0.1, 0.15) is 5.82 Å². The predicted molar refractivity (Wildman–Crippen MR) is 44.0 cm³/mol. The molecule has 1 radical (unpaired) electrons. The zero-order valence-corrected chi connectivity index (χ0v) is 7.36. The van der Waals surface area contributed by atoms with Gasteiger partial charge in [0.05, 0.1) is 4.90 Å². The molecule has 0 aromatic heterocycles. The first kappa shape index (κ1) is 9.19. The van der Waals surface area contributed by atoms with E-state index in [4.69, 9.17) is 0 Å². The van der Waals surface area contributed by atoms with Crippen molar-refractivity contribution in [1.82, 2.24) is 0 Å². The predicted octanol–water partition coefficient (Wildman–Crippen LogP) is 1.41. The van der Waals surface area contributed by atoms with E-state index in [1.807, 2.05) is 0 Å². The number of sulfone groups is 1. The molecule has 12 heavy (non-hydrogen) atoms. The molecule has 0 heterocycles. The molecule has 1 aromatic rings. The van der Waals surface area contributed by atoms with E-state index in [-0.39, 0.29) is 10.5 Å². The van der Waals surface area contributed by atoms with Crippen LogP contribution in [0.4, 0.5) is 4.39 Å². The monoisotopic (exact) mass is 187 g/mol. The van der Waals surface area contributed by atoms with Gasteiger partial charge in [-0.1, -0.05) is 0 Å². The number of hydrogen-bond donors (Lipinski definition) is 0. The third kappa shape index (κ3) is 1.82. The first-order valence-corrected chi connectivity index (χ1v) is 5.12. The Balaban J connectivity index is 3.39. The quantitative estimate of drug-likeness (QED) is 0.623. The van der Waals surface area contributed by atoms with Crippen LogP contribution in [0.5, 0.6) is 0 Å². The first-order valence-electron chi connectivity index (χ1n) is 3.23. The minimum atomic E-state index is -3.28. The molecule has 0 spiro atoms. The van der Waals surface area contributed by atoms with Crippen molar-refractivity contribution >= 4 is 9.84 Å². The lowest BCUT2D eigenvalue weighted by atomic mass is 10.2. The van der Waals surface area contributed by atoms with E-state index in [9.17, 15) is 12.8 Å². The second-order valence-electron chi connectivity index (χ2n) is 2.52. The van der Waals surface area contributed by atoms with Crippen molar-refractivity contribution in [3.8, 4) is 0 Å². The largest absolute Gasteiger partial charge is 0.224 e. The molecule has 0 aliphatic heterocycles. The highest BCUT2D eigenvalue weighted by molar-refractivity contribution is 7.90. The van der Waals surface area contributed by atoms with Crippen LogP contribution >= 0.6 is 0 Å². The maximum Gasteiger partial charge on any atom is 0.175 e. The van der Waals surface area contributed by atoms with Gasteiger partial charge in [0, 0.05) is 6.26 Å². The minimum Gasteiger partial charge on any atom is -0.224 e. The highest BCUT2D eigenvalue weighted by atomic mass is 32.2. The number of hydrogen-bond acceptors (Lipinski definition) is 2. The van der Waals surface area contributed by atoms with Crippen molar-refractivity contribution in [1.29, 1.82) is 0 Å². The Morgan fingerprint density at radius 3 is 2.42 bits per heavy atom. The molecule has 0 amide bonds. The van der Waals surface area contributed by atoms with Crippen LogP contribution in [0.3, 0.4) is 0 Å². The molecule has 0 saturated heterocycles. The molecule has 0 fully saturated rings. The number of rotatable bonds is 1. The van der Waals surface area contributed by atoms with E-state index in [1.165, 1.54) is 6.07 Å². The molecule has 0 atom stereocenters. The van der Waals surface area contributed by atoms with E-state index < -0.39 is 15.7 Å². The van der Waals surface area contributed by atoms with Crippen LogP contribution < -0.4 is 0 Å². The molecule has 0 aliphatic carbocycles. The van der Waals surface area contributed by atoms with Crippen LogP contribution in [0.2, 0.25) is 0 Å². The second kappa shape index (κ2) is 2.86. The molecule has 1 rings (SSSR count). The zero-order chi connectivity index (χ0) is 9.35. The van der Waals surface area contributed by atoms with Crippen molar-refractivity contribution in [2.24, 2.45) is 0 Å². The molecule has 0 bridgehead atoms. The third-order valence-corrected chi connectivity index (χ3v) is 2.62. The van der Waals surface area contributed by atoms with Crippen LogP contribution in [-0.2, 0) is 9.84 Å². The van der Waals surface area contributed by atoms with Gasteiger partial charge in [-0.05, 0) is 30.7 Å². The Hall–Kier alpha value is -0.900. The molecule has 0 unspecified atom stereocenters. The summed E-state index contributed by atoms with van der Waals surface area (Å²) < 4.78 is 34.5. The second-order valence-corrected chi connectivity index (χ2v) is 4.51. The Labute approximate surface area is 71.0 Å². The lowest BCUT2D eigenvalue weighted by Crippen LogP contribution is -1.99. The standard InChI is InChI=1S/C8H8FO2S/c1-6-5-7(9)3-4-8(6)12(2,10)11/h3-5H,1H2,2H3. The van der Waals surface area contributed by atoms with Gasteiger partial charge in [-0.25, -0.2) is 12.8 Å². The van der Waals surface area contributed by atoms with E-state index in [0.717, 1.165) is 18.4 Å². The summed E-state index contributed by atoms with van der Waals surface area (Å²) in [5.41, 5.74) is 0.192. The van der Waals surface area contributed by atoms with E-state index >= 15 is 0 Å². The third-order valence-electron chi connectivity index (χ3n) is 1.42. The molecule has 65 valence electrons. The Bertz CT molecular complexity index is 396. The molecular weight excluding hydrogens is 179 g/mol. The van der Waals surface area contributed by atoms with Crippen molar-refractivity contribution in [2.45, 2.75) is 4.90 Å². The summed E-state index contributed by atoms with van der Waals surface area (Å²) in [6.07, 6.45) is 1.06. The van der Waals surface area contributed by atoms with E-state index in [2.05, 4.69) is 6.92 Å². The van der Waals surface area contributed by atoms with Crippen molar-refractivity contribution < 1.29 is 12.8 Å². The fraction of sp³-hybridized carbons (Fsp3) is 0.125. The minimum absolute atomic E-state index is 0.0731. The van der Waals surface area contributed by atoms with Gasteiger partial charge in [0.15, 0.2) is 9.84 Å². The summed E-state index contributed by atoms with van der Waals surface area (Å²) in [4.78, 5) is 0.0731. The average molecular weight is 187 g/mol. The molecule has 0 saturated carbocycles. The molecule has 2 nitrogen and oxygen atoms in total. The van der Waals surface area contributed by atoms with Gasteiger partial charge >= 0.3 is 0 Å². The molecule has 1 aromatic carbocycles. The van der Waals surface area contributed by atoms with Crippen molar-refractivity contribution in [3.05, 3.63) is 36.5 Å². The van der Waals surface area contributed by atoms with Crippen molar-refractivity contribution in [3.63, 3.8) is 0 Å². The van der Waals surface area contributed by atoms with Crippen LogP contribution in [0.15, 0.2) is 23.1 Å². The average Bonchev–Trinajstić information content (AvgIpc) is 1.83. The molecule has 4 heteroatoms. The lowest BCUT2D eigenvalue weighted by Gasteiger charge is -2.01. The topological polar surface area (TPSA) is 34.1 Å². The summed E-state index contributed by atoms with van der Waals surface area (Å²) >= 11 is 0. The van der Waals surface area contributed by atoms with E-state index in [0.29, 0.717) is 0 Å². The summed E-state index contributed by atoms with van der Waals surface area (Å²) in [6.45, 7) is 3.43. The van der Waals surface area contributed by atoms with Crippen LogP contribution in [-0.4, -0.2) is 14.7 Å². The summed E-state index contributed by atoms with van der Waals surface area (Å²) in [5.74, 6) is -0.479. The zero-order valence-electron chi connectivity index (χ0n) is 6.54. The Morgan fingerprint density at radius 1 is 1.42 bits per heavy atom. The van der Waals surface area contributed by atoms with Crippen LogP contribution in [0, 0.1) is 12.7 Å².